The Hall–Kier alpha value is -1.67. The second kappa shape index (κ2) is 7.20. The number of nitrogens with zero attached hydrogens (tertiary/aromatic N) is 1. The Morgan fingerprint density at radius 2 is 2.15 bits per heavy atom. The maximum Gasteiger partial charge on any atom is 0.260 e. The summed E-state index contributed by atoms with van der Waals surface area (Å²) < 4.78 is 26.1. The first-order chi connectivity index (χ1) is 9.33. The van der Waals surface area contributed by atoms with Crippen LogP contribution < -0.4 is 15.8 Å². The molecule has 0 aromatic carbocycles. The molecule has 1 rings (SSSR count). The fourth-order valence-corrected chi connectivity index (χ4v) is 2.49. The minimum absolute atomic E-state index is 0.00226. The van der Waals surface area contributed by atoms with Crippen LogP contribution in [0.15, 0.2) is 23.4 Å². The van der Waals surface area contributed by atoms with Crippen LogP contribution in [0.4, 0.5) is 5.69 Å². The van der Waals surface area contributed by atoms with Crippen molar-refractivity contribution in [1.29, 1.82) is 0 Å². The zero-order chi connectivity index (χ0) is 15.2. The molecule has 1 aromatic rings. The van der Waals surface area contributed by atoms with Crippen molar-refractivity contribution in [1.82, 2.24) is 15.0 Å². The number of anilines is 1. The molecule has 0 radical (unpaired) electrons. The highest BCUT2D eigenvalue weighted by atomic mass is 32.2. The fourth-order valence-electron chi connectivity index (χ4n) is 1.40. The van der Waals surface area contributed by atoms with Crippen LogP contribution in [-0.2, 0) is 14.8 Å². The molecule has 0 atom stereocenters. The van der Waals surface area contributed by atoms with E-state index in [-0.39, 0.29) is 29.6 Å². The van der Waals surface area contributed by atoms with Gasteiger partial charge in [-0.25, -0.2) is 18.1 Å². The predicted molar refractivity (Wildman–Crippen MR) is 76.3 cm³/mol. The van der Waals surface area contributed by atoms with E-state index in [2.05, 4.69) is 15.0 Å². The summed E-state index contributed by atoms with van der Waals surface area (Å²) in [5, 5.41) is 2.49. The molecule has 112 valence electrons. The van der Waals surface area contributed by atoms with Crippen molar-refractivity contribution >= 4 is 21.6 Å². The minimum Gasteiger partial charge on any atom is -0.396 e. The SMILES string of the molecule is CC(C)CNC(=O)CCNS(=O)(=O)c1ncccc1N. The summed E-state index contributed by atoms with van der Waals surface area (Å²) in [5.41, 5.74) is 5.63. The van der Waals surface area contributed by atoms with Gasteiger partial charge in [0, 0.05) is 25.7 Å². The van der Waals surface area contributed by atoms with Gasteiger partial charge in [0.15, 0.2) is 5.03 Å². The first-order valence-electron chi connectivity index (χ1n) is 6.30. The van der Waals surface area contributed by atoms with Crippen LogP contribution in [0.2, 0.25) is 0 Å². The molecular weight excluding hydrogens is 280 g/mol. The van der Waals surface area contributed by atoms with Crippen LogP contribution in [0.5, 0.6) is 0 Å². The summed E-state index contributed by atoms with van der Waals surface area (Å²) in [6.45, 7) is 4.53. The highest BCUT2D eigenvalue weighted by Crippen LogP contribution is 2.13. The third-order valence-corrected chi connectivity index (χ3v) is 3.84. The number of pyridine rings is 1. The summed E-state index contributed by atoms with van der Waals surface area (Å²) in [7, 11) is -3.78. The van der Waals surface area contributed by atoms with Crippen molar-refractivity contribution < 1.29 is 13.2 Å². The van der Waals surface area contributed by atoms with Gasteiger partial charge in [0.25, 0.3) is 10.0 Å². The van der Waals surface area contributed by atoms with E-state index < -0.39 is 10.0 Å². The molecule has 0 fully saturated rings. The van der Waals surface area contributed by atoms with E-state index in [0.29, 0.717) is 12.5 Å². The van der Waals surface area contributed by atoms with Gasteiger partial charge >= 0.3 is 0 Å². The first kappa shape index (κ1) is 16.4. The largest absolute Gasteiger partial charge is 0.396 e. The van der Waals surface area contributed by atoms with Gasteiger partial charge in [-0.15, -0.1) is 0 Å². The van der Waals surface area contributed by atoms with E-state index in [4.69, 9.17) is 5.73 Å². The number of hydrogen-bond donors (Lipinski definition) is 3. The van der Waals surface area contributed by atoms with Crippen LogP contribution in [0.3, 0.4) is 0 Å². The molecule has 0 bridgehead atoms. The Morgan fingerprint density at radius 1 is 1.45 bits per heavy atom. The van der Waals surface area contributed by atoms with Crippen LogP contribution >= 0.6 is 0 Å². The van der Waals surface area contributed by atoms with Gasteiger partial charge in [-0.1, -0.05) is 13.8 Å². The van der Waals surface area contributed by atoms with E-state index in [9.17, 15) is 13.2 Å². The van der Waals surface area contributed by atoms with E-state index in [1.54, 1.807) is 6.07 Å². The molecule has 7 nitrogen and oxygen atoms in total. The highest BCUT2D eigenvalue weighted by molar-refractivity contribution is 7.89. The lowest BCUT2D eigenvalue weighted by Crippen LogP contribution is -2.32. The average molecular weight is 300 g/mol. The van der Waals surface area contributed by atoms with Gasteiger partial charge in [-0.05, 0) is 18.1 Å². The number of carbonyl (C=O) groups excluding carboxylic acids is 1. The maximum absolute atomic E-state index is 11.9. The zero-order valence-electron chi connectivity index (χ0n) is 11.6. The summed E-state index contributed by atoms with van der Waals surface area (Å²) in [4.78, 5) is 15.2. The van der Waals surface area contributed by atoms with Crippen molar-refractivity contribution in [3.8, 4) is 0 Å². The molecule has 4 N–H and O–H groups in total. The van der Waals surface area contributed by atoms with Gasteiger partial charge in [-0.2, -0.15) is 0 Å². The number of rotatable bonds is 7. The van der Waals surface area contributed by atoms with Crippen molar-refractivity contribution in [3.63, 3.8) is 0 Å². The van der Waals surface area contributed by atoms with Crippen LogP contribution in [0.1, 0.15) is 20.3 Å². The Bertz CT molecular complexity index is 558. The monoisotopic (exact) mass is 300 g/mol. The topological polar surface area (TPSA) is 114 Å². The third-order valence-electron chi connectivity index (χ3n) is 2.41. The van der Waals surface area contributed by atoms with Gasteiger partial charge in [-0.3, -0.25) is 4.79 Å². The number of nitrogen functional groups attached to an aromatic ring is 1. The summed E-state index contributed by atoms with van der Waals surface area (Å²) in [6, 6.07) is 3.00. The number of aromatic nitrogens is 1. The molecule has 0 aliphatic rings. The lowest BCUT2D eigenvalue weighted by atomic mass is 10.2. The number of sulfonamides is 1. The molecule has 0 aliphatic carbocycles. The molecule has 0 aliphatic heterocycles. The van der Waals surface area contributed by atoms with E-state index in [1.807, 2.05) is 13.8 Å². The second-order valence-electron chi connectivity index (χ2n) is 4.74. The fraction of sp³-hybridized carbons (Fsp3) is 0.500. The summed E-state index contributed by atoms with van der Waals surface area (Å²) in [5.74, 6) is 0.152. The normalized spacial score (nSPS) is 11.6. The number of amides is 1. The molecule has 0 spiro atoms. The van der Waals surface area contributed by atoms with Gasteiger partial charge in [0.2, 0.25) is 5.91 Å². The van der Waals surface area contributed by atoms with Crippen molar-refractivity contribution in [2.75, 3.05) is 18.8 Å². The molecular formula is C12H20N4O3S. The van der Waals surface area contributed by atoms with Crippen LogP contribution in [0.25, 0.3) is 0 Å². The number of nitrogens with two attached hydrogens (primary N) is 1. The summed E-state index contributed by atoms with van der Waals surface area (Å²) >= 11 is 0. The van der Waals surface area contributed by atoms with Gasteiger partial charge in [0.1, 0.15) is 0 Å². The van der Waals surface area contributed by atoms with Crippen LogP contribution in [-0.4, -0.2) is 32.4 Å². The van der Waals surface area contributed by atoms with Crippen LogP contribution in [0, 0.1) is 5.92 Å². The van der Waals surface area contributed by atoms with Crippen molar-refractivity contribution in [2.45, 2.75) is 25.3 Å². The standard InChI is InChI=1S/C12H20N4O3S/c1-9(2)8-15-11(17)5-7-16-20(18,19)12-10(13)4-3-6-14-12/h3-4,6,9,16H,5,7-8,13H2,1-2H3,(H,15,17). The average Bonchev–Trinajstić information content (AvgIpc) is 2.36. The first-order valence-corrected chi connectivity index (χ1v) is 7.78. The lowest BCUT2D eigenvalue weighted by molar-refractivity contribution is -0.121. The van der Waals surface area contributed by atoms with Crippen molar-refractivity contribution in [3.05, 3.63) is 18.3 Å². The molecule has 20 heavy (non-hydrogen) atoms. The predicted octanol–water partition coefficient (Wildman–Crippen LogP) is 0.104. The molecule has 1 heterocycles. The number of carbonyl (C=O) groups is 1. The molecule has 1 aromatic heterocycles. The molecule has 1 amide bonds. The molecule has 0 saturated heterocycles. The Morgan fingerprint density at radius 3 is 2.75 bits per heavy atom. The van der Waals surface area contributed by atoms with Gasteiger partial charge < -0.3 is 11.1 Å². The number of nitrogens with one attached hydrogen (secondary N) is 2. The number of hydrogen-bond acceptors (Lipinski definition) is 5. The quantitative estimate of drug-likeness (QED) is 0.661. The van der Waals surface area contributed by atoms with Crippen molar-refractivity contribution in [2.24, 2.45) is 5.92 Å². The Balaban J connectivity index is 2.49. The van der Waals surface area contributed by atoms with E-state index in [0.717, 1.165) is 0 Å². The van der Waals surface area contributed by atoms with E-state index in [1.165, 1.54) is 12.3 Å². The molecule has 8 heteroatoms. The zero-order valence-corrected chi connectivity index (χ0v) is 12.4. The Kier molecular flexibility index (Phi) is 5.90. The van der Waals surface area contributed by atoms with E-state index >= 15 is 0 Å². The minimum atomic E-state index is -3.78. The third kappa shape index (κ3) is 5.14. The second-order valence-corrected chi connectivity index (χ2v) is 6.43. The maximum atomic E-state index is 11.9. The Labute approximate surface area is 119 Å². The smallest absolute Gasteiger partial charge is 0.260 e. The van der Waals surface area contributed by atoms with Gasteiger partial charge in [0.05, 0.1) is 5.69 Å². The summed E-state index contributed by atoms with van der Waals surface area (Å²) in [6.07, 6.45) is 1.42. The highest BCUT2D eigenvalue weighted by Gasteiger charge is 2.18. The lowest BCUT2D eigenvalue weighted by Gasteiger charge is -2.09. The molecule has 0 saturated carbocycles. The molecule has 0 unspecified atom stereocenters.